The second-order valence-electron chi connectivity index (χ2n) is 4.88. The third-order valence-corrected chi connectivity index (χ3v) is 3.52. The van der Waals surface area contributed by atoms with Crippen molar-refractivity contribution < 1.29 is 0 Å². The summed E-state index contributed by atoms with van der Waals surface area (Å²) in [4.78, 5) is 0. The summed E-state index contributed by atoms with van der Waals surface area (Å²) >= 11 is 0. The molecule has 0 unspecified atom stereocenters. The van der Waals surface area contributed by atoms with Crippen LogP contribution in [0.4, 0.5) is 0 Å². The second kappa shape index (κ2) is 6.05. The van der Waals surface area contributed by atoms with E-state index in [-0.39, 0.29) is 0 Å². The third-order valence-electron chi connectivity index (χ3n) is 3.52. The summed E-state index contributed by atoms with van der Waals surface area (Å²) in [6.45, 7) is 6.34. The Morgan fingerprint density at radius 3 is 2.50 bits per heavy atom. The number of nitrogens with zero attached hydrogens (tertiary/aromatic N) is 1. The lowest BCUT2D eigenvalue weighted by Crippen LogP contribution is -2.07. The number of nitrogens with two attached hydrogens (primary N) is 1. The second-order valence-corrected chi connectivity index (χ2v) is 4.88. The molecule has 0 aliphatic heterocycles. The van der Waals surface area contributed by atoms with E-state index in [1.54, 1.807) is 0 Å². The Labute approximate surface area is 110 Å². The van der Waals surface area contributed by atoms with Crippen molar-refractivity contribution in [3.05, 3.63) is 35.5 Å². The molecule has 0 radical (unpaired) electrons. The first-order valence-electron chi connectivity index (χ1n) is 7.12. The maximum Gasteiger partial charge on any atom is 0.0485 e. The zero-order valence-corrected chi connectivity index (χ0v) is 11.6. The highest BCUT2D eigenvalue weighted by atomic mass is 15.0. The molecule has 0 aliphatic carbocycles. The first-order chi connectivity index (χ1) is 8.83. The molecule has 0 bridgehead atoms. The van der Waals surface area contributed by atoms with Gasteiger partial charge in [-0.25, -0.2) is 0 Å². The van der Waals surface area contributed by atoms with Gasteiger partial charge in [0.25, 0.3) is 0 Å². The Balaban J connectivity index is 2.64. The molecule has 2 rings (SSSR count). The van der Waals surface area contributed by atoms with Gasteiger partial charge >= 0.3 is 0 Å². The van der Waals surface area contributed by atoms with Gasteiger partial charge in [-0.2, -0.15) is 0 Å². The van der Waals surface area contributed by atoms with E-state index in [4.69, 9.17) is 5.73 Å². The van der Waals surface area contributed by atoms with Crippen LogP contribution in [0.2, 0.25) is 0 Å². The number of fused-ring (bicyclic) bond motifs is 1. The molecule has 1 aromatic carbocycles. The van der Waals surface area contributed by atoms with Gasteiger partial charge in [0.2, 0.25) is 0 Å². The van der Waals surface area contributed by atoms with Gasteiger partial charge in [-0.1, -0.05) is 38.5 Å². The number of benzene rings is 1. The van der Waals surface area contributed by atoms with Crippen molar-refractivity contribution >= 4 is 10.9 Å². The van der Waals surface area contributed by atoms with Crippen molar-refractivity contribution in [2.45, 2.75) is 46.1 Å². The van der Waals surface area contributed by atoms with Crippen molar-refractivity contribution in [3.8, 4) is 0 Å². The molecule has 0 spiro atoms. The topological polar surface area (TPSA) is 30.9 Å². The van der Waals surface area contributed by atoms with E-state index in [0.29, 0.717) is 0 Å². The lowest BCUT2D eigenvalue weighted by Gasteiger charge is -2.10. The van der Waals surface area contributed by atoms with Crippen LogP contribution in [-0.2, 0) is 19.4 Å². The summed E-state index contributed by atoms with van der Waals surface area (Å²) in [6, 6.07) is 8.75. The first-order valence-corrected chi connectivity index (χ1v) is 7.12. The fourth-order valence-electron chi connectivity index (χ4n) is 2.85. The summed E-state index contributed by atoms with van der Waals surface area (Å²) in [5, 5.41) is 1.40. The van der Waals surface area contributed by atoms with Crippen molar-refractivity contribution in [1.29, 1.82) is 0 Å². The minimum atomic E-state index is 0.733. The fourth-order valence-corrected chi connectivity index (χ4v) is 2.85. The lowest BCUT2D eigenvalue weighted by atomic mass is 10.1. The van der Waals surface area contributed by atoms with Gasteiger partial charge < -0.3 is 10.3 Å². The van der Waals surface area contributed by atoms with Gasteiger partial charge in [0.15, 0.2) is 0 Å². The van der Waals surface area contributed by atoms with Gasteiger partial charge in [0, 0.05) is 23.1 Å². The fraction of sp³-hybridized carbons (Fsp3) is 0.500. The molecule has 0 atom stereocenters. The molecular formula is C16H24N2. The highest BCUT2D eigenvalue weighted by molar-refractivity contribution is 5.85. The van der Waals surface area contributed by atoms with Crippen LogP contribution in [0.3, 0.4) is 0 Å². The maximum absolute atomic E-state index is 5.79. The summed E-state index contributed by atoms with van der Waals surface area (Å²) in [5.41, 5.74) is 10.2. The highest BCUT2D eigenvalue weighted by Crippen LogP contribution is 2.28. The van der Waals surface area contributed by atoms with Gasteiger partial charge in [-0.15, -0.1) is 0 Å². The van der Waals surface area contributed by atoms with E-state index in [2.05, 4.69) is 42.7 Å². The normalized spacial score (nSPS) is 11.3. The van der Waals surface area contributed by atoms with Crippen LogP contribution in [-0.4, -0.2) is 11.1 Å². The van der Waals surface area contributed by atoms with E-state index in [9.17, 15) is 0 Å². The Bertz CT molecular complexity index is 468. The first kappa shape index (κ1) is 13.2. The van der Waals surface area contributed by atoms with Crippen molar-refractivity contribution in [3.63, 3.8) is 0 Å². The van der Waals surface area contributed by atoms with Crippen LogP contribution in [0.5, 0.6) is 0 Å². The van der Waals surface area contributed by atoms with Gasteiger partial charge in [-0.05, 0) is 37.4 Å². The molecular weight excluding hydrogens is 220 g/mol. The smallest absolute Gasteiger partial charge is 0.0485 e. The average molecular weight is 244 g/mol. The van der Waals surface area contributed by atoms with E-state index >= 15 is 0 Å². The van der Waals surface area contributed by atoms with Crippen molar-refractivity contribution in [2.75, 3.05) is 6.54 Å². The Morgan fingerprint density at radius 2 is 1.83 bits per heavy atom. The number of rotatable bonds is 6. The summed E-state index contributed by atoms with van der Waals surface area (Å²) < 4.78 is 2.50. The van der Waals surface area contributed by atoms with E-state index in [1.165, 1.54) is 35.0 Å². The minimum absolute atomic E-state index is 0.733. The number of aryl methyl sites for hydroxylation is 1. The van der Waals surface area contributed by atoms with Crippen LogP contribution in [0, 0.1) is 0 Å². The molecule has 98 valence electrons. The number of aromatic nitrogens is 1. The number of hydrogen-bond acceptors (Lipinski definition) is 1. The molecule has 1 aromatic heterocycles. The predicted molar refractivity (Wildman–Crippen MR) is 79.0 cm³/mol. The van der Waals surface area contributed by atoms with E-state index in [1.807, 2.05) is 0 Å². The number of para-hydroxylation sites is 1. The molecule has 0 saturated carbocycles. The molecule has 2 N–H and O–H groups in total. The Kier molecular flexibility index (Phi) is 4.43. The maximum atomic E-state index is 5.79. The zero-order valence-electron chi connectivity index (χ0n) is 11.6. The zero-order chi connectivity index (χ0) is 13.0. The summed E-state index contributed by atoms with van der Waals surface area (Å²) in [7, 11) is 0. The van der Waals surface area contributed by atoms with E-state index < -0.39 is 0 Å². The molecule has 0 aliphatic rings. The van der Waals surface area contributed by atoms with Crippen molar-refractivity contribution in [1.82, 2.24) is 4.57 Å². The van der Waals surface area contributed by atoms with E-state index in [0.717, 1.165) is 25.9 Å². The van der Waals surface area contributed by atoms with Crippen LogP contribution in [0.15, 0.2) is 24.3 Å². The van der Waals surface area contributed by atoms with Crippen LogP contribution >= 0.6 is 0 Å². The molecule has 2 aromatic rings. The molecule has 1 heterocycles. The largest absolute Gasteiger partial charge is 0.344 e. The Morgan fingerprint density at radius 1 is 1.06 bits per heavy atom. The SMILES string of the molecule is CCCc1c(CCN)c2ccccc2n1CCC. The van der Waals surface area contributed by atoms with Gasteiger partial charge in [0.1, 0.15) is 0 Å². The molecule has 2 heteroatoms. The molecule has 0 amide bonds. The van der Waals surface area contributed by atoms with Crippen molar-refractivity contribution in [2.24, 2.45) is 5.73 Å². The van der Waals surface area contributed by atoms with Gasteiger partial charge in [-0.3, -0.25) is 0 Å². The quantitative estimate of drug-likeness (QED) is 0.828. The molecule has 18 heavy (non-hydrogen) atoms. The summed E-state index contributed by atoms with van der Waals surface area (Å²) in [5.74, 6) is 0. The Hall–Kier alpha value is -1.28. The average Bonchev–Trinajstić information content (AvgIpc) is 2.67. The number of hydrogen-bond donors (Lipinski definition) is 1. The lowest BCUT2D eigenvalue weighted by molar-refractivity contribution is 0.654. The minimum Gasteiger partial charge on any atom is -0.344 e. The van der Waals surface area contributed by atoms with Gasteiger partial charge in [0.05, 0.1) is 0 Å². The third kappa shape index (κ3) is 2.30. The highest BCUT2D eigenvalue weighted by Gasteiger charge is 2.14. The molecule has 0 saturated heterocycles. The van der Waals surface area contributed by atoms with Crippen LogP contribution < -0.4 is 5.73 Å². The van der Waals surface area contributed by atoms with Crippen LogP contribution in [0.1, 0.15) is 37.9 Å². The van der Waals surface area contributed by atoms with Crippen LogP contribution in [0.25, 0.3) is 10.9 Å². The standard InChI is InChI=1S/C16H24N2/c1-3-7-15-14(10-11-17)13-8-5-6-9-16(13)18(15)12-4-2/h5-6,8-9H,3-4,7,10-12,17H2,1-2H3. The molecule has 0 fully saturated rings. The molecule has 2 nitrogen and oxygen atoms in total. The monoisotopic (exact) mass is 244 g/mol. The summed E-state index contributed by atoms with van der Waals surface area (Å²) in [6.07, 6.45) is 4.52. The predicted octanol–water partition coefficient (Wildman–Crippen LogP) is 3.51.